The Labute approximate surface area is 221 Å². The lowest BCUT2D eigenvalue weighted by atomic mass is 10.1. The van der Waals surface area contributed by atoms with Gasteiger partial charge in [-0.2, -0.15) is 0 Å². The Morgan fingerprint density at radius 1 is 0.842 bits per heavy atom. The van der Waals surface area contributed by atoms with Crippen LogP contribution in [0.3, 0.4) is 0 Å². The second kappa shape index (κ2) is 11.2. The van der Waals surface area contributed by atoms with E-state index in [4.69, 9.17) is 0 Å². The summed E-state index contributed by atoms with van der Waals surface area (Å²) in [5.74, 6) is 0.0631. The maximum absolute atomic E-state index is 12.7. The minimum atomic E-state index is -0.220. The van der Waals surface area contributed by atoms with E-state index in [0.717, 1.165) is 43.0 Å². The van der Waals surface area contributed by atoms with Gasteiger partial charge in [-0.1, -0.05) is 0 Å². The topological polar surface area (TPSA) is 112 Å². The van der Waals surface area contributed by atoms with Crippen molar-refractivity contribution in [2.75, 3.05) is 33.9 Å². The smallest absolute Gasteiger partial charge is 0.273 e. The molecule has 1 saturated heterocycles. The van der Waals surface area contributed by atoms with Crippen molar-refractivity contribution in [2.24, 2.45) is 7.05 Å². The first-order valence-corrected chi connectivity index (χ1v) is 12.5. The number of nitrogens with zero attached hydrogens (tertiary/aromatic N) is 3. The number of carbonyl (C=O) groups is 2. The number of piperidine rings is 1. The standard InChI is InChI=1S/C29H30N6O3/c1-34-16-2-3-26(34)29(38)33-27-13-10-23(19-30-27)31-21-6-8-22(9-7-21)32-28(37)20-4-11-24(12-5-20)35-17-14-25(36)15-18-35/h2-13,16,19,25,31,36H,14-15,17-18H2,1H3,(H,32,37)(H,30,33,38). The number of aliphatic hydroxyl groups excluding tert-OH is 1. The number of aromatic nitrogens is 2. The number of hydrogen-bond acceptors (Lipinski definition) is 6. The quantitative estimate of drug-likeness (QED) is 0.289. The SMILES string of the molecule is Cn1cccc1C(=O)Nc1ccc(Nc2ccc(NC(=O)c3ccc(N4CCC(O)CC4)cc3)cc2)cn1. The summed E-state index contributed by atoms with van der Waals surface area (Å²) in [5.41, 5.74) is 4.48. The van der Waals surface area contributed by atoms with Crippen molar-refractivity contribution in [1.82, 2.24) is 9.55 Å². The third-order valence-corrected chi connectivity index (χ3v) is 6.57. The molecule has 0 atom stereocenters. The number of aliphatic hydroxyl groups is 1. The highest BCUT2D eigenvalue weighted by Gasteiger charge is 2.17. The van der Waals surface area contributed by atoms with Gasteiger partial charge >= 0.3 is 0 Å². The monoisotopic (exact) mass is 510 g/mol. The van der Waals surface area contributed by atoms with Gasteiger partial charge in [-0.25, -0.2) is 4.98 Å². The molecule has 2 aromatic heterocycles. The van der Waals surface area contributed by atoms with Gasteiger partial charge in [-0.3, -0.25) is 9.59 Å². The summed E-state index contributed by atoms with van der Waals surface area (Å²) in [6.07, 6.45) is 4.78. The van der Waals surface area contributed by atoms with Crippen LogP contribution in [0.15, 0.2) is 85.2 Å². The van der Waals surface area contributed by atoms with Crippen molar-refractivity contribution >= 4 is 40.4 Å². The molecule has 9 heteroatoms. The van der Waals surface area contributed by atoms with Gasteiger partial charge in [0.15, 0.2) is 0 Å². The summed E-state index contributed by atoms with van der Waals surface area (Å²) in [5, 5.41) is 18.7. The number of benzene rings is 2. The molecule has 194 valence electrons. The fourth-order valence-corrected chi connectivity index (χ4v) is 4.37. The van der Waals surface area contributed by atoms with Crippen LogP contribution in [0.25, 0.3) is 0 Å². The normalized spacial score (nSPS) is 13.7. The Hall–Kier alpha value is -4.63. The molecule has 4 N–H and O–H groups in total. The second-order valence-corrected chi connectivity index (χ2v) is 9.31. The van der Waals surface area contributed by atoms with Crippen molar-refractivity contribution in [3.8, 4) is 0 Å². The van der Waals surface area contributed by atoms with Gasteiger partial charge in [0.2, 0.25) is 0 Å². The van der Waals surface area contributed by atoms with Crippen LogP contribution in [0.2, 0.25) is 0 Å². The molecule has 0 aliphatic carbocycles. The number of hydrogen-bond donors (Lipinski definition) is 4. The molecule has 9 nitrogen and oxygen atoms in total. The molecule has 2 aromatic carbocycles. The molecule has 2 amide bonds. The highest BCUT2D eigenvalue weighted by Crippen LogP contribution is 2.22. The lowest BCUT2D eigenvalue weighted by Gasteiger charge is -2.31. The van der Waals surface area contributed by atoms with E-state index in [9.17, 15) is 14.7 Å². The first kappa shape index (κ1) is 25.0. The molecule has 4 aromatic rings. The summed E-state index contributed by atoms with van der Waals surface area (Å²) in [6, 6.07) is 22.1. The van der Waals surface area contributed by atoms with E-state index in [2.05, 4.69) is 25.8 Å². The molecule has 5 rings (SSSR count). The van der Waals surface area contributed by atoms with Gasteiger partial charge in [-0.15, -0.1) is 0 Å². The van der Waals surface area contributed by atoms with E-state index in [1.54, 1.807) is 22.9 Å². The zero-order valence-electron chi connectivity index (χ0n) is 21.1. The molecule has 0 saturated carbocycles. The zero-order valence-corrected chi connectivity index (χ0v) is 21.1. The fourth-order valence-electron chi connectivity index (χ4n) is 4.37. The van der Waals surface area contributed by atoms with E-state index < -0.39 is 0 Å². The van der Waals surface area contributed by atoms with Crippen LogP contribution in [0, 0.1) is 0 Å². The molecule has 0 spiro atoms. The predicted octanol–water partition coefficient (Wildman–Crippen LogP) is 4.63. The Kier molecular flexibility index (Phi) is 7.37. The Bertz CT molecular complexity index is 1390. The lowest BCUT2D eigenvalue weighted by molar-refractivity contribution is 0.101. The van der Waals surface area contributed by atoms with Crippen molar-refractivity contribution in [3.63, 3.8) is 0 Å². The Morgan fingerprint density at radius 2 is 1.53 bits per heavy atom. The molecule has 1 fully saturated rings. The van der Waals surface area contributed by atoms with Crippen molar-refractivity contribution < 1.29 is 14.7 Å². The van der Waals surface area contributed by atoms with E-state index in [1.165, 1.54) is 0 Å². The summed E-state index contributed by atoms with van der Waals surface area (Å²) >= 11 is 0. The number of rotatable bonds is 7. The van der Waals surface area contributed by atoms with Crippen LogP contribution in [-0.4, -0.2) is 45.7 Å². The second-order valence-electron chi connectivity index (χ2n) is 9.31. The summed E-state index contributed by atoms with van der Waals surface area (Å²) in [6.45, 7) is 1.63. The van der Waals surface area contributed by atoms with E-state index in [0.29, 0.717) is 22.8 Å². The summed E-state index contributed by atoms with van der Waals surface area (Å²) < 4.78 is 1.75. The number of amides is 2. The largest absolute Gasteiger partial charge is 0.393 e. The number of nitrogens with one attached hydrogen (secondary N) is 3. The Balaban J connectivity index is 1.13. The molecule has 0 bridgehead atoms. The first-order valence-electron chi connectivity index (χ1n) is 12.5. The Morgan fingerprint density at radius 3 is 2.16 bits per heavy atom. The first-order chi connectivity index (χ1) is 18.4. The predicted molar refractivity (Wildman–Crippen MR) is 149 cm³/mol. The van der Waals surface area contributed by atoms with Crippen molar-refractivity contribution in [2.45, 2.75) is 18.9 Å². The van der Waals surface area contributed by atoms with Gasteiger partial charge in [0.05, 0.1) is 18.0 Å². The van der Waals surface area contributed by atoms with Gasteiger partial charge in [0, 0.05) is 49.0 Å². The van der Waals surface area contributed by atoms with Gasteiger partial charge in [-0.05, 0) is 85.6 Å². The maximum atomic E-state index is 12.7. The van der Waals surface area contributed by atoms with Crippen LogP contribution in [-0.2, 0) is 7.05 Å². The van der Waals surface area contributed by atoms with Crippen LogP contribution in [0.1, 0.15) is 33.7 Å². The highest BCUT2D eigenvalue weighted by atomic mass is 16.3. The zero-order chi connectivity index (χ0) is 26.5. The molecule has 38 heavy (non-hydrogen) atoms. The molecule has 1 aliphatic heterocycles. The van der Waals surface area contributed by atoms with E-state index in [1.807, 2.05) is 73.9 Å². The number of pyridine rings is 1. The van der Waals surface area contributed by atoms with Gasteiger partial charge in [0.1, 0.15) is 11.5 Å². The number of carbonyl (C=O) groups excluding carboxylic acids is 2. The van der Waals surface area contributed by atoms with Crippen molar-refractivity contribution in [3.05, 3.63) is 96.4 Å². The third-order valence-electron chi connectivity index (χ3n) is 6.57. The van der Waals surface area contributed by atoms with E-state index >= 15 is 0 Å². The number of anilines is 5. The van der Waals surface area contributed by atoms with Crippen LogP contribution < -0.4 is 20.9 Å². The fraction of sp³-hybridized carbons (Fsp3) is 0.207. The number of aryl methyl sites for hydroxylation is 1. The van der Waals surface area contributed by atoms with Gasteiger partial charge < -0.3 is 30.5 Å². The minimum absolute atomic E-state index is 0.177. The highest BCUT2D eigenvalue weighted by molar-refractivity contribution is 6.04. The average Bonchev–Trinajstić information content (AvgIpc) is 3.37. The molecule has 0 radical (unpaired) electrons. The summed E-state index contributed by atoms with van der Waals surface area (Å²) in [7, 11) is 1.81. The van der Waals surface area contributed by atoms with E-state index in [-0.39, 0.29) is 17.9 Å². The van der Waals surface area contributed by atoms with Crippen molar-refractivity contribution in [1.29, 1.82) is 0 Å². The minimum Gasteiger partial charge on any atom is -0.393 e. The third kappa shape index (κ3) is 6.01. The average molecular weight is 511 g/mol. The van der Waals surface area contributed by atoms with Crippen LogP contribution in [0.4, 0.5) is 28.6 Å². The summed E-state index contributed by atoms with van der Waals surface area (Å²) in [4.78, 5) is 31.6. The molecular formula is C29H30N6O3. The molecule has 3 heterocycles. The molecule has 0 unspecified atom stereocenters. The lowest BCUT2D eigenvalue weighted by Crippen LogP contribution is -2.35. The maximum Gasteiger partial charge on any atom is 0.273 e. The molecular weight excluding hydrogens is 480 g/mol. The van der Waals surface area contributed by atoms with Crippen LogP contribution in [0.5, 0.6) is 0 Å². The molecule has 1 aliphatic rings. The van der Waals surface area contributed by atoms with Gasteiger partial charge in [0.25, 0.3) is 11.8 Å². The van der Waals surface area contributed by atoms with Crippen LogP contribution >= 0.6 is 0 Å².